The van der Waals surface area contributed by atoms with Crippen molar-refractivity contribution in [1.82, 2.24) is 0 Å². The molecule has 0 fully saturated rings. The first-order valence-corrected chi connectivity index (χ1v) is 7.29. The average molecular weight is 310 g/mol. The van der Waals surface area contributed by atoms with E-state index in [1.807, 2.05) is 0 Å². The fourth-order valence-electron chi connectivity index (χ4n) is 2.99. The number of phenols is 4. The van der Waals surface area contributed by atoms with Gasteiger partial charge in [-0.25, -0.2) is 0 Å². The molecule has 0 aliphatic heterocycles. The molecule has 0 heterocycles. The van der Waals surface area contributed by atoms with Crippen molar-refractivity contribution in [2.75, 3.05) is 0 Å². The second kappa shape index (κ2) is 5.09. The van der Waals surface area contributed by atoms with Crippen LogP contribution in [0.25, 0.3) is 21.9 Å². The minimum Gasteiger partial charge on any atom is -0.508 e. The van der Waals surface area contributed by atoms with Gasteiger partial charge >= 0.3 is 0 Å². The van der Waals surface area contributed by atoms with E-state index < -0.39 is 0 Å². The Bertz CT molecular complexity index is 913. The molecule has 4 nitrogen and oxygen atoms in total. The van der Waals surface area contributed by atoms with E-state index in [1.54, 1.807) is 39.0 Å². The summed E-state index contributed by atoms with van der Waals surface area (Å²) in [5, 5.41) is 41.9. The van der Waals surface area contributed by atoms with Crippen LogP contribution in [0.5, 0.6) is 23.0 Å². The number of hydrogen-bond donors (Lipinski definition) is 4. The summed E-state index contributed by atoms with van der Waals surface area (Å²) in [6, 6.07) is 7.87. The van der Waals surface area contributed by atoms with Gasteiger partial charge < -0.3 is 20.4 Å². The lowest BCUT2D eigenvalue weighted by Gasteiger charge is -2.18. The van der Waals surface area contributed by atoms with E-state index in [2.05, 4.69) is 0 Å². The zero-order valence-corrected chi connectivity index (χ0v) is 13.2. The van der Waals surface area contributed by atoms with E-state index in [9.17, 15) is 20.4 Å². The van der Waals surface area contributed by atoms with Gasteiger partial charge in [0.05, 0.1) is 0 Å². The predicted octanol–water partition coefficient (Wildman–Crippen LogP) is 4.25. The van der Waals surface area contributed by atoms with Gasteiger partial charge in [0.2, 0.25) is 0 Å². The Labute approximate surface area is 133 Å². The van der Waals surface area contributed by atoms with E-state index in [0.717, 1.165) is 0 Å². The molecule has 0 amide bonds. The maximum atomic E-state index is 10.6. The molecule has 0 bridgehead atoms. The molecule has 118 valence electrons. The molecule has 0 spiro atoms. The Hall–Kier alpha value is -2.88. The quantitative estimate of drug-likeness (QED) is 0.506. The lowest BCUT2D eigenvalue weighted by atomic mass is 9.90. The van der Waals surface area contributed by atoms with Crippen LogP contribution in [-0.4, -0.2) is 20.4 Å². The Kier molecular flexibility index (Phi) is 3.33. The molecule has 4 N–H and O–H groups in total. The molecule has 0 aliphatic carbocycles. The SMILES string of the molecule is Cc1c(C)c(O)c(-c2ccc(O)c3ccc(O)cc23)c(C)c1O. The van der Waals surface area contributed by atoms with Crippen LogP contribution >= 0.6 is 0 Å². The Balaban J connectivity index is 2.48. The molecule has 23 heavy (non-hydrogen) atoms. The zero-order valence-electron chi connectivity index (χ0n) is 13.2. The number of benzene rings is 3. The topological polar surface area (TPSA) is 80.9 Å². The van der Waals surface area contributed by atoms with E-state index in [4.69, 9.17) is 0 Å². The molecule has 0 unspecified atom stereocenters. The fraction of sp³-hybridized carbons (Fsp3) is 0.158. The molecule has 0 saturated carbocycles. The molecular formula is C19H18O4. The molecule has 0 aliphatic rings. The van der Waals surface area contributed by atoms with Crippen LogP contribution in [0.3, 0.4) is 0 Å². The summed E-state index contributed by atoms with van der Waals surface area (Å²) in [4.78, 5) is 0. The van der Waals surface area contributed by atoms with Gasteiger partial charge in [-0.2, -0.15) is 0 Å². The molecule has 3 aromatic carbocycles. The highest BCUT2D eigenvalue weighted by molar-refractivity contribution is 6.02. The van der Waals surface area contributed by atoms with Crippen molar-refractivity contribution in [3.05, 3.63) is 47.0 Å². The molecule has 0 aromatic heterocycles. The highest BCUT2D eigenvalue weighted by atomic mass is 16.3. The van der Waals surface area contributed by atoms with E-state index >= 15 is 0 Å². The van der Waals surface area contributed by atoms with Crippen LogP contribution in [0, 0.1) is 20.8 Å². The Morgan fingerprint density at radius 3 is 2.00 bits per heavy atom. The molecule has 0 saturated heterocycles. The van der Waals surface area contributed by atoms with Crippen molar-refractivity contribution >= 4 is 10.8 Å². The highest BCUT2D eigenvalue weighted by Crippen LogP contribution is 2.46. The Morgan fingerprint density at radius 2 is 1.30 bits per heavy atom. The normalized spacial score (nSPS) is 11.1. The number of aromatic hydroxyl groups is 4. The lowest BCUT2D eigenvalue weighted by molar-refractivity contribution is 0.451. The third-order valence-electron chi connectivity index (χ3n) is 4.49. The van der Waals surface area contributed by atoms with Crippen molar-refractivity contribution in [2.45, 2.75) is 20.8 Å². The van der Waals surface area contributed by atoms with Gasteiger partial charge in [0.1, 0.15) is 23.0 Å². The van der Waals surface area contributed by atoms with Crippen LogP contribution < -0.4 is 0 Å². The maximum Gasteiger partial charge on any atom is 0.127 e. The smallest absolute Gasteiger partial charge is 0.127 e. The molecule has 3 aromatic rings. The van der Waals surface area contributed by atoms with Crippen molar-refractivity contribution < 1.29 is 20.4 Å². The van der Waals surface area contributed by atoms with Crippen LogP contribution in [0.2, 0.25) is 0 Å². The second-order valence-corrected chi connectivity index (χ2v) is 5.81. The van der Waals surface area contributed by atoms with Gasteiger partial charge in [0.25, 0.3) is 0 Å². The Morgan fingerprint density at radius 1 is 0.652 bits per heavy atom. The van der Waals surface area contributed by atoms with Gasteiger partial charge in [0, 0.05) is 16.5 Å². The first-order valence-electron chi connectivity index (χ1n) is 7.29. The summed E-state index contributed by atoms with van der Waals surface area (Å²) in [5.41, 5.74) is 2.93. The van der Waals surface area contributed by atoms with E-state index in [-0.39, 0.29) is 23.0 Å². The van der Waals surface area contributed by atoms with E-state index in [1.165, 1.54) is 12.1 Å². The first kappa shape index (κ1) is 15.0. The molecule has 0 radical (unpaired) electrons. The minimum atomic E-state index is 0.0644. The largest absolute Gasteiger partial charge is 0.508 e. The van der Waals surface area contributed by atoms with Gasteiger partial charge in [-0.1, -0.05) is 0 Å². The summed E-state index contributed by atoms with van der Waals surface area (Å²) in [7, 11) is 0. The zero-order chi connectivity index (χ0) is 16.9. The average Bonchev–Trinajstić information content (AvgIpc) is 2.53. The monoisotopic (exact) mass is 310 g/mol. The summed E-state index contributed by atoms with van der Waals surface area (Å²) in [6.45, 7) is 5.23. The van der Waals surface area contributed by atoms with E-state index in [0.29, 0.717) is 38.6 Å². The number of fused-ring (bicyclic) bond motifs is 1. The third kappa shape index (κ3) is 2.14. The maximum absolute atomic E-state index is 10.6. The summed E-state index contributed by atoms with van der Waals surface area (Å²) >= 11 is 0. The summed E-state index contributed by atoms with van der Waals surface area (Å²) in [5.74, 6) is 0.383. The van der Waals surface area contributed by atoms with Crippen molar-refractivity contribution in [1.29, 1.82) is 0 Å². The number of phenolic OH excluding ortho intramolecular Hbond substituents is 4. The van der Waals surface area contributed by atoms with Crippen LogP contribution in [0.1, 0.15) is 16.7 Å². The number of hydrogen-bond acceptors (Lipinski definition) is 4. The van der Waals surface area contributed by atoms with Crippen molar-refractivity contribution in [2.24, 2.45) is 0 Å². The van der Waals surface area contributed by atoms with Crippen LogP contribution in [0.4, 0.5) is 0 Å². The molecule has 0 atom stereocenters. The summed E-state index contributed by atoms with van der Waals surface area (Å²) in [6.07, 6.45) is 0. The molecular weight excluding hydrogens is 292 g/mol. The standard InChI is InChI=1S/C19H18O4/c1-9-10(2)19(23)17(11(3)18(9)22)14-6-7-16(21)13-5-4-12(20)8-15(13)14/h4-8,20-23H,1-3H3. The fourth-order valence-corrected chi connectivity index (χ4v) is 2.99. The second-order valence-electron chi connectivity index (χ2n) is 5.81. The predicted molar refractivity (Wildman–Crippen MR) is 90.3 cm³/mol. The lowest BCUT2D eigenvalue weighted by Crippen LogP contribution is -1.94. The number of rotatable bonds is 1. The molecule has 4 heteroatoms. The van der Waals surface area contributed by atoms with Crippen molar-refractivity contribution in [3.63, 3.8) is 0 Å². The third-order valence-corrected chi connectivity index (χ3v) is 4.49. The van der Waals surface area contributed by atoms with Gasteiger partial charge in [-0.05, 0) is 73.2 Å². The first-order chi connectivity index (χ1) is 10.8. The van der Waals surface area contributed by atoms with Gasteiger partial charge in [-0.3, -0.25) is 0 Å². The van der Waals surface area contributed by atoms with Crippen LogP contribution in [0.15, 0.2) is 30.3 Å². The van der Waals surface area contributed by atoms with Crippen LogP contribution in [-0.2, 0) is 0 Å². The minimum absolute atomic E-state index is 0.0644. The van der Waals surface area contributed by atoms with Crippen molar-refractivity contribution in [3.8, 4) is 34.1 Å². The molecule has 3 rings (SSSR count). The highest BCUT2D eigenvalue weighted by Gasteiger charge is 2.20. The summed E-state index contributed by atoms with van der Waals surface area (Å²) < 4.78 is 0. The van der Waals surface area contributed by atoms with Gasteiger partial charge in [0.15, 0.2) is 0 Å². The van der Waals surface area contributed by atoms with Gasteiger partial charge in [-0.15, -0.1) is 0 Å².